The van der Waals surface area contributed by atoms with Crippen LogP contribution < -0.4 is 0 Å². The number of ketones is 1. The monoisotopic (exact) mass is 574 g/mol. The van der Waals surface area contributed by atoms with Crippen molar-refractivity contribution in [2.45, 2.75) is 102 Å². The zero-order valence-electron chi connectivity index (χ0n) is 23.9. The summed E-state index contributed by atoms with van der Waals surface area (Å²) in [5.41, 5.74) is -4.93. The van der Waals surface area contributed by atoms with E-state index in [1.54, 1.807) is 19.5 Å². The lowest BCUT2D eigenvalue weighted by atomic mass is 9.33. The normalized spacial score (nSPS) is 54.7. The number of Topliss-reactive ketones (excluding diaryl/α,β-unsaturated/α-hetero) is 1. The van der Waals surface area contributed by atoms with Gasteiger partial charge in [0.25, 0.3) is 0 Å². The van der Waals surface area contributed by atoms with Crippen LogP contribution in [0.5, 0.6) is 0 Å². The number of carbonyl (C=O) groups excluding carboxylic acids is 3. The first-order valence-electron chi connectivity index (χ1n) is 14.5. The molecule has 1 aromatic rings. The van der Waals surface area contributed by atoms with Crippen LogP contribution in [0, 0.1) is 33.5 Å². The molecule has 0 radical (unpaired) electrons. The molecule has 14 atom stereocenters. The Balaban J connectivity index is 1.44. The van der Waals surface area contributed by atoms with Crippen molar-refractivity contribution in [2.24, 2.45) is 33.5 Å². The summed E-state index contributed by atoms with van der Waals surface area (Å²) >= 11 is 0. The Hall–Kier alpha value is -2.31. The second-order valence-electron chi connectivity index (χ2n) is 13.9. The molecule has 6 aliphatic rings. The summed E-state index contributed by atoms with van der Waals surface area (Å²) < 4.78 is 29.5. The number of hydrogen-bond acceptors (Lipinski definition) is 11. The molecule has 41 heavy (non-hydrogen) atoms. The second kappa shape index (κ2) is 8.19. The molecule has 2 saturated heterocycles. The Kier molecular flexibility index (Phi) is 5.50. The largest absolute Gasteiger partial charge is 0.472 e. The van der Waals surface area contributed by atoms with Gasteiger partial charge < -0.3 is 38.7 Å². The van der Waals surface area contributed by atoms with E-state index in [1.807, 2.05) is 19.9 Å². The zero-order valence-corrected chi connectivity index (χ0v) is 23.9. The van der Waals surface area contributed by atoms with Crippen LogP contribution in [0.1, 0.15) is 65.4 Å². The summed E-state index contributed by atoms with van der Waals surface area (Å²) in [6, 6.07) is 1.84. The van der Waals surface area contributed by atoms with Gasteiger partial charge in [-0.15, -0.1) is 0 Å². The van der Waals surface area contributed by atoms with Crippen LogP contribution in [0.25, 0.3) is 0 Å². The fourth-order valence-corrected chi connectivity index (χ4v) is 11.0. The van der Waals surface area contributed by atoms with Gasteiger partial charge in [0.05, 0.1) is 48.3 Å². The Bertz CT molecular complexity index is 1310. The predicted molar refractivity (Wildman–Crippen MR) is 137 cm³/mol. The van der Waals surface area contributed by atoms with Gasteiger partial charge in [0, 0.05) is 42.9 Å². The van der Waals surface area contributed by atoms with Crippen LogP contribution in [-0.2, 0) is 33.3 Å². The van der Waals surface area contributed by atoms with E-state index in [9.17, 15) is 24.9 Å². The molecular weight excluding hydrogens is 536 g/mol. The van der Waals surface area contributed by atoms with E-state index in [1.165, 1.54) is 13.8 Å². The Morgan fingerprint density at radius 2 is 1.68 bits per heavy atom. The average molecular weight is 575 g/mol. The minimum Gasteiger partial charge on any atom is -0.472 e. The number of rotatable bonds is 3. The van der Waals surface area contributed by atoms with Crippen molar-refractivity contribution in [3.05, 3.63) is 24.2 Å². The third kappa shape index (κ3) is 2.85. The number of ether oxygens (including phenoxy) is 4. The van der Waals surface area contributed by atoms with Gasteiger partial charge in [-0.3, -0.25) is 14.4 Å². The van der Waals surface area contributed by atoms with Crippen LogP contribution in [-0.4, -0.2) is 82.1 Å². The molecule has 3 heterocycles. The van der Waals surface area contributed by atoms with Crippen molar-refractivity contribution >= 4 is 17.7 Å². The molecule has 2 bridgehead atoms. The van der Waals surface area contributed by atoms with E-state index < -0.39 is 87.5 Å². The van der Waals surface area contributed by atoms with Crippen molar-refractivity contribution in [1.82, 2.24) is 0 Å². The van der Waals surface area contributed by atoms with E-state index in [0.29, 0.717) is 6.42 Å². The van der Waals surface area contributed by atoms with Gasteiger partial charge in [0.15, 0.2) is 18.2 Å². The number of aliphatic hydroxyl groups is 3. The summed E-state index contributed by atoms with van der Waals surface area (Å²) in [6.07, 6.45) is -2.27. The van der Waals surface area contributed by atoms with Gasteiger partial charge >= 0.3 is 11.9 Å². The fourth-order valence-electron chi connectivity index (χ4n) is 11.0. The molecule has 0 aromatic carbocycles. The average Bonchev–Trinajstić information content (AvgIpc) is 3.26. The zero-order chi connectivity index (χ0) is 29.5. The topological polar surface area (TPSA) is 165 Å². The summed E-state index contributed by atoms with van der Waals surface area (Å²) in [6.45, 7) is 7.85. The molecule has 7 rings (SSSR count). The third-order valence-corrected chi connectivity index (χ3v) is 12.6. The fraction of sp³-hybridized carbons (Fsp3) is 0.767. The molecule has 0 unspecified atom stereocenters. The maximum absolute atomic E-state index is 15.0. The highest BCUT2D eigenvalue weighted by molar-refractivity contribution is 5.93. The summed E-state index contributed by atoms with van der Waals surface area (Å²) in [5.74, 6) is -3.56. The molecule has 4 aliphatic carbocycles. The molecule has 3 N–H and O–H groups in total. The standard InChI is InChI=1S/C30H38O11/c1-13(31)39-20-10-19(34)29-12-38-25(36)26(20,3)17(29)9-18(33)28(5)23(29)22(35)24(40-14(2)32)27(4)16(15-6-7-37-11-15)8-21-30(27,28)41-21/h6-7,11,16-21,23-25,33-34,36H,8-10,12H2,1-5H3/t16-,17-,18-,19-,20+,21+,23+,24-,25-,26+,27+,28+,29+,30+/m0/s1. The van der Waals surface area contributed by atoms with Crippen LogP contribution in [0.3, 0.4) is 0 Å². The van der Waals surface area contributed by atoms with E-state index in [2.05, 4.69) is 0 Å². The van der Waals surface area contributed by atoms with Crippen molar-refractivity contribution in [3.8, 4) is 0 Å². The highest BCUT2D eigenvalue weighted by Gasteiger charge is 2.92. The van der Waals surface area contributed by atoms with Gasteiger partial charge in [0.1, 0.15) is 11.7 Å². The molecule has 0 amide bonds. The van der Waals surface area contributed by atoms with E-state index in [4.69, 9.17) is 23.4 Å². The molecule has 11 heteroatoms. The second-order valence-corrected chi connectivity index (χ2v) is 13.9. The number of esters is 2. The lowest BCUT2D eigenvalue weighted by molar-refractivity contribution is -0.373. The minimum atomic E-state index is -1.36. The molecule has 224 valence electrons. The number of hydrogen-bond donors (Lipinski definition) is 3. The molecule has 1 spiro atoms. The lowest BCUT2D eigenvalue weighted by Crippen LogP contribution is -2.82. The van der Waals surface area contributed by atoms with Crippen LogP contribution in [0.2, 0.25) is 0 Å². The first kappa shape index (κ1) is 27.5. The highest BCUT2D eigenvalue weighted by Crippen LogP contribution is 2.82. The number of furan rings is 1. The first-order chi connectivity index (χ1) is 19.2. The highest BCUT2D eigenvalue weighted by atomic mass is 16.6. The van der Waals surface area contributed by atoms with Crippen LogP contribution >= 0.6 is 0 Å². The molecule has 6 fully saturated rings. The summed E-state index contributed by atoms with van der Waals surface area (Å²) in [4.78, 5) is 39.7. The molecule has 4 saturated carbocycles. The first-order valence-corrected chi connectivity index (χ1v) is 14.5. The van der Waals surface area contributed by atoms with Gasteiger partial charge in [-0.2, -0.15) is 0 Å². The number of carbonyl (C=O) groups is 3. The van der Waals surface area contributed by atoms with Crippen molar-refractivity contribution in [1.29, 1.82) is 0 Å². The third-order valence-electron chi connectivity index (χ3n) is 12.6. The molecule has 11 nitrogen and oxygen atoms in total. The number of fused-ring (bicyclic) bond motifs is 1. The summed E-state index contributed by atoms with van der Waals surface area (Å²) in [7, 11) is 0. The van der Waals surface area contributed by atoms with Gasteiger partial charge in [0.2, 0.25) is 0 Å². The van der Waals surface area contributed by atoms with Crippen LogP contribution in [0.15, 0.2) is 23.0 Å². The van der Waals surface area contributed by atoms with Gasteiger partial charge in [-0.05, 0) is 30.4 Å². The number of epoxide rings is 1. The van der Waals surface area contributed by atoms with E-state index in [-0.39, 0.29) is 31.5 Å². The van der Waals surface area contributed by atoms with Gasteiger partial charge in [-0.1, -0.05) is 20.8 Å². The Labute approximate surface area is 237 Å². The molecule has 2 aliphatic heterocycles. The van der Waals surface area contributed by atoms with E-state index in [0.717, 1.165) is 5.56 Å². The predicted octanol–water partition coefficient (Wildman–Crippen LogP) is 1.47. The lowest BCUT2D eigenvalue weighted by Gasteiger charge is -2.73. The van der Waals surface area contributed by atoms with Crippen molar-refractivity contribution in [3.63, 3.8) is 0 Å². The van der Waals surface area contributed by atoms with Gasteiger partial charge in [-0.25, -0.2) is 0 Å². The van der Waals surface area contributed by atoms with Crippen molar-refractivity contribution < 1.29 is 53.1 Å². The molecular formula is C30H38O11. The Morgan fingerprint density at radius 1 is 0.976 bits per heavy atom. The van der Waals surface area contributed by atoms with E-state index >= 15 is 4.79 Å². The summed E-state index contributed by atoms with van der Waals surface area (Å²) in [5, 5.41) is 35.4. The SMILES string of the molecule is CC(=O)O[C@@H]1C[C@H](O)[C@@]23CO[C@H](O)[C@]1(C)[C@@H]2C[C@H](O)[C@]1(C)[C@H]3C(=O)[C@H](OC(C)=O)[C@@]2(C)[C@H](c3ccoc3)C[C@H]3O[C@]321. The maximum Gasteiger partial charge on any atom is 0.303 e. The Morgan fingerprint density at radius 3 is 2.32 bits per heavy atom. The smallest absolute Gasteiger partial charge is 0.303 e. The maximum atomic E-state index is 15.0. The quantitative estimate of drug-likeness (QED) is 0.354. The number of aliphatic hydroxyl groups excluding tert-OH is 3. The minimum absolute atomic E-state index is 0.0205. The molecule has 1 aromatic heterocycles. The van der Waals surface area contributed by atoms with Crippen LogP contribution in [0.4, 0.5) is 0 Å². The van der Waals surface area contributed by atoms with Crippen molar-refractivity contribution in [2.75, 3.05) is 6.61 Å².